The fraction of sp³-hybridized carbons (Fsp3) is 0.478. The fourth-order valence-electron chi connectivity index (χ4n) is 6.68. The summed E-state index contributed by atoms with van der Waals surface area (Å²) in [7, 11) is 0. The van der Waals surface area contributed by atoms with Crippen molar-refractivity contribution in [1.29, 1.82) is 0 Å². The minimum atomic E-state index is -1.46. The normalized spacial score (nSPS) is 14.5. The smallest absolute Gasteiger partial charge is 0.408 e. The lowest BCUT2D eigenvalue weighted by molar-refractivity contribution is -0.126. The van der Waals surface area contributed by atoms with E-state index in [1.165, 1.54) is 35.1 Å². The molecule has 0 aliphatic heterocycles. The Kier molecular flexibility index (Phi) is 18.2. The Bertz CT molecular complexity index is 2230. The van der Waals surface area contributed by atoms with E-state index < -0.39 is 71.3 Å². The van der Waals surface area contributed by atoms with E-state index in [1.807, 2.05) is 104 Å². The van der Waals surface area contributed by atoms with E-state index in [9.17, 15) is 29.4 Å². The number of H-pyrrole nitrogens is 2. The van der Waals surface area contributed by atoms with Gasteiger partial charge in [0, 0.05) is 23.0 Å². The van der Waals surface area contributed by atoms with Gasteiger partial charge in [0.1, 0.15) is 21.7 Å². The van der Waals surface area contributed by atoms with Gasteiger partial charge >= 0.3 is 12.2 Å². The molecule has 20 heteroatoms. The molecule has 4 amide bonds. The van der Waals surface area contributed by atoms with Crippen LogP contribution in [0.3, 0.4) is 0 Å². The molecule has 6 atom stereocenters. The number of aromatic nitrogens is 6. The predicted molar refractivity (Wildman–Crippen MR) is 256 cm³/mol. The van der Waals surface area contributed by atoms with Crippen molar-refractivity contribution in [3.8, 4) is 0 Å². The molecule has 4 aromatic heterocycles. The molecule has 8 N–H and O–H groups in total. The molecule has 66 heavy (non-hydrogen) atoms. The van der Waals surface area contributed by atoms with Crippen LogP contribution in [0.1, 0.15) is 116 Å². The monoisotopic (exact) mass is 946 g/mol. The molecule has 18 nitrogen and oxygen atoms in total. The minimum absolute atomic E-state index is 0.361. The van der Waals surface area contributed by atoms with Gasteiger partial charge in [0.15, 0.2) is 24.4 Å². The number of ether oxygens (including phenoxy) is 2. The van der Waals surface area contributed by atoms with Crippen molar-refractivity contribution >= 4 is 78.7 Å². The maximum absolute atomic E-state index is 12.9. The highest BCUT2D eigenvalue weighted by Gasteiger charge is 2.37. The molecule has 0 radical (unpaired) electrons. The number of aliphatic hydroxyl groups excluding tert-OH is 2. The summed E-state index contributed by atoms with van der Waals surface area (Å²) in [6.45, 7) is 15.8. The first-order valence-electron chi connectivity index (χ1n) is 22.0. The van der Waals surface area contributed by atoms with Crippen molar-refractivity contribution in [3.63, 3.8) is 0 Å². The lowest BCUT2D eigenvalue weighted by Crippen LogP contribution is -2.49. The Morgan fingerprint density at radius 2 is 1.00 bits per heavy atom. The molecule has 2 aromatic carbocycles. The Morgan fingerprint density at radius 3 is 1.32 bits per heavy atom. The number of nitrogens with one attached hydrogen (secondary N) is 6. The standard InChI is InChI=1S/2C23H31N5O4S/c2*1-5-6-9-15(18(29)20(30)27-17-12-13-24-28-17)26-22(31)32-19(23(2,3)4)21-25-14-10-7-8-11-16(14)33-21/h2*7-8,10-13,15,18-19,29H,5-6,9H2,1-4H3,(H,26,31)(H2,24,27,28,30)/t15-,18+,19+;15-,18-,19+/m00/s1. The van der Waals surface area contributed by atoms with E-state index in [0.717, 1.165) is 46.1 Å². The van der Waals surface area contributed by atoms with Gasteiger partial charge in [0.05, 0.1) is 44.9 Å². The third-order valence-electron chi connectivity index (χ3n) is 10.3. The molecule has 0 fully saturated rings. The van der Waals surface area contributed by atoms with Crippen LogP contribution in [0.4, 0.5) is 21.2 Å². The number of unbranched alkanes of at least 4 members (excludes halogenated alkanes) is 2. The molecule has 0 bridgehead atoms. The highest BCUT2D eigenvalue weighted by atomic mass is 32.1. The molecule has 6 rings (SSSR count). The van der Waals surface area contributed by atoms with Crippen LogP contribution in [0.2, 0.25) is 0 Å². The summed E-state index contributed by atoms with van der Waals surface area (Å²) in [6, 6.07) is 17.0. The van der Waals surface area contributed by atoms with Crippen molar-refractivity contribution in [2.24, 2.45) is 10.8 Å². The third-order valence-corrected chi connectivity index (χ3v) is 12.4. The van der Waals surface area contributed by atoms with E-state index in [1.54, 1.807) is 12.1 Å². The molecule has 0 aliphatic carbocycles. The minimum Gasteiger partial charge on any atom is -0.438 e. The number of alkyl carbamates (subject to hydrolysis) is 2. The summed E-state index contributed by atoms with van der Waals surface area (Å²) in [5.74, 6) is -0.558. The molecule has 0 saturated heterocycles. The van der Waals surface area contributed by atoms with Gasteiger partial charge in [0.2, 0.25) is 0 Å². The first kappa shape index (κ1) is 51.0. The predicted octanol–water partition coefficient (Wildman–Crippen LogP) is 8.78. The number of anilines is 2. The zero-order valence-corrected chi connectivity index (χ0v) is 40.2. The van der Waals surface area contributed by atoms with Gasteiger partial charge in [-0.05, 0) is 37.1 Å². The van der Waals surface area contributed by atoms with Crippen LogP contribution in [0.15, 0.2) is 73.1 Å². The fourth-order valence-corrected chi connectivity index (χ4v) is 9.17. The van der Waals surface area contributed by atoms with Gasteiger partial charge in [-0.2, -0.15) is 10.2 Å². The van der Waals surface area contributed by atoms with Gasteiger partial charge in [0.25, 0.3) is 11.8 Å². The van der Waals surface area contributed by atoms with Gasteiger partial charge in [-0.15, -0.1) is 22.7 Å². The molecule has 0 spiro atoms. The van der Waals surface area contributed by atoms with Crippen molar-refractivity contribution in [1.82, 2.24) is 41.0 Å². The SMILES string of the molecule is CCCC[C@H](NC(=O)O[C@H](c1nc2ccccc2s1)C(C)(C)C)[C@@H](O)C(=O)Nc1ccn[nH]1.CCCC[C@H](NC(=O)O[C@H](c1nc2ccccc2s1)C(C)(C)C)[C@H](O)C(=O)Nc1ccn[nH]1. The average Bonchev–Trinajstić information content (AvgIpc) is 4.12. The highest BCUT2D eigenvalue weighted by molar-refractivity contribution is 7.19. The van der Waals surface area contributed by atoms with Crippen LogP contribution in [0.25, 0.3) is 20.4 Å². The highest BCUT2D eigenvalue weighted by Crippen LogP contribution is 2.41. The van der Waals surface area contributed by atoms with Gasteiger partial charge < -0.3 is 41.0 Å². The number of fused-ring (bicyclic) bond motifs is 2. The number of aliphatic hydroxyl groups is 2. The Hall–Kier alpha value is -5.96. The van der Waals surface area contributed by atoms with E-state index >= 15 is 0 Å². The molecule has 6 aromatic rings. The van der Waals surface area contributed by atoms with Crippen LogP contribution in [-0.4, -0.2) is 88.9 Å². The molecule has 0 saturated carbocycles. The number of thiazole rings is 2. The molecular weight excluding hydrogens is 885 g/mol. The largest absolute Gasteiger partial charge is 0.438 e. The van der Waals surface area contributed by atoms with Gasteiger partial charge in [-0.1, -0.05) is 105 Å². The second-order valence-corrected chi connectivity index (χ2v) is 20.1. The number of rotatable bonds is 18. The Balaban J connectivity index is 0.000000247. The van der Waals surface area contributed by atoms with Crippen LogP contribution in [0, 0.1) is 10.8 Å². The van der Waals surface area contributed by atoms with E-state index in [4.69, 9.17) is 9.47 Å². The molecule has 0 aliphatic rings. The number of hydrogen-bond donors (Lipinski definition) is 8. The van der Waals surface area contributed by atoms with Crippen LogP contribution >= 0.6 is 22.7 Å². The van der Waals surface area contributed by atoms with Gasteiger partial charge in [-0.3, -0.25) is 19.8 Å². The first-order valence-corrected chi connectivity index (χ1v) is 23.6. The molecule has 4 heterocycles. The van der Waals surface area contributed by atoms with E-state index in [2.05, 4.69) is 51.6 Å². The van der Waals surface area contributed by atoms with Crippen molar-refractivity contribution in [2.75, 3.05) is 10.6 Å². The summed E-state index contributed by atoms with van der Waals surface area (Å²) in [6.07, 6.45) is 1.43. The van der Waals surface area contributed by atoms with E-state index in [0.29, 0.717) is 34.5 Å². The second kappa shape index (κ2) is 23.5. The number of hydrogen-bond acceptors (Lipinski definition) is 14. The quantitative estimate of drug-likeness (QED) is 0.0402. The van der Waals surface area contributed by atoms with Crippen molar-refractivity contribution in [2.45, 2.75) is 130 Å². The average molecular weight is 947 g/mol. The maximum Gasteiger partial charge on any atom is 0.408 e. The van der Waals surface area contributed by atoms with Crippen LogP contribution in [0.5, 0.6) is 0 Å². The summed E-state index contributed by atoms with van der Waals surface area (Å²) in [4.78, 5) is 60.1. The third kappa shape index (κ3) is 14.5. The topological polar surface area (TPSA) is 258 Å². The molecule has 0 unspecified atom stereocenters. The van der Waals surface area contributed by atoms with Crippen molar-refractivity contribution in [3.05, 3.63) is 83.1 Å². The Morgan fingerprint density at radius 1 is 0.621 bits per heavy atom. The summed E-state index contributed by atoms with van der Waals surface area (Å²) < 4.78 is 13.7. The van der Waals surface area contributed by atoms with Crippen LogP contribution < -0.4 is 21.3 Å². The Labute approximate surface area is 392 Å². The van der Waals surface area contributed by atoms with Gasteiger partial charge in [-0.25, -0.2) is 19.6 Å². The zero-order chi connectivity index (χ0) is 48.0. The summed E-state index contributed by atoms with van der Waals surface area (Å²) in [5.41, 5.74) is 0.867. The number of benzene rings is 2. The molecular formula is C46H62N10O8S2. The second-order valence-electron chi connectivity index (χ2n) is 17.9. The van der Waals surface area contributed by atoms with Crippen molar-refractivity contribution < 1.29 is 38.9 Å². The number of carbonyl (C=O) groups is 4. The first-order chi connectivity index (χ1) is 31.4. The number of nitrogens with zero attached hydrogens (tertiary/aromatic N) is 4. The lowest BCUT2D eigenvalue weighted by Gasteiger charge is -2.30. The lowest BCUT2D eigenvalue weighted by atomic mass is 9.89. The van der Waals surface area contributed by atoms with Crippen LogP contribution in [-0.2, 0) is 19.1 Å². The van der Waals surface area contributed by atoms with E-state index in [-0.39, 0.29) is 0 Å². The number of amides is 4. The number of carbonyl (C=O) groups excluding carboxylic acids is 4. The summed E-state index contributed by atoms with van der Waals surface area (Å²) >= 11 is 2.96. The summed E-state index contributed by atoms with van der Waals surface area (Å²) in [5, 5.41) is 45.9. The maximum atomic E-state index is 12.9. The molecule has 356 valence electrons. The zero-order valence-electron chi connectivity index (χ0n) is 38.6. The number of para-hydroxylation sites is 2. The number of aromatic amines is 2.